The number of aromatic nitrogens is 5. The molecule has 0 unspecified atom stereocenters. The molecule has 0 aliphatic rings. The van der Waals surface area contributed by atoms with E-state index in [0.29, 0.717) is 28.9 Å². The van der Waals surface area contributed by atoms with Crippen LogP contribution in [0.15, 0.2) is 180 Å². The van der Waals surface area contributed by atoms with E-state index in [1.807, 2.05) is 97.1 Å². The maximum absolute atomic E-state index is 6.40. The Balaban J connectivity index is 1.07. The third-order valence-electron chi connectivity index (χ3n) is 10.2. The fourth-order valence-electron chi connectivity index (χ4n) is 7.53. The minimum atomic E-state index is 0.624. The molecule has 6 nitrogen and oxygen atoms in total. The van der Waals surface area contributed by atoms with Gasteiger partial charge in [0.25, 0.3) is 0 Å². The van der Waals surface area contributed by atoms with E-state index in [2.05, 4.69) is 78.9 Å². The van der Waals surface area contributed by atoms with Crippen LogP contribution < -0.4 is 0 Å². The molecule has 11 aromatic rings. The van der Waals surface area contributed by atoms with Crippen LogP contribution in [0.1, 0.15) is 0 Å². The summed E-state index contributed by atoms with van der Waals surface area (Å²) in [7, 11) is 0. The molecule has 0 saturated carbocycles. The molecule has 4 heterocycles. The molecule has 0 fully saturated rings. The zero-order valence-corrected chi connectivity index (χ0v) is 30.6. The number of furan rings is 1. The Bertz CT molecular complexity index is 3190. The van der Waals surface area contributed by atoms with E-state index in [4.69, 9.17) is 29.3 Å². The Morgan fingerprint density at radius 2 is 0.946 bits per heavy atom. The van der Waals surface area contributed by atoms with Crippen LogP contribution >= 0.6 is 11.3 Å². The first-order valence-electron chi connectivity index (χ1n) is 18.4. The molecular formula is C49H29N5OS. The van der Waals surface area contributed by atoms with Gasteiger partial charge in [-0.05, 0) is 35.4 Å². The van der Waals surface area contributed by atoms with Crippen molar-refractivity contribution in [1.82, 2.24) is 24.9 Å². The fourth-order valence-corrected chi connectivity index (χ4v) is 8.79. The third-order valence-corrected chi connectivity index (χ3v) is 11.4. The van der Waals surface area contributed by atoms with Crippen molar-refractivity contribution in [1.29, 1.82) is 0 Å². The van der Waals surface area contributed by atoms with Crippen molar-refractivity contribution in [2.45, 2.75) is 0 Å². The van der Waals surface area contributed by atoms with Gasteiger partial charge >= 0.3 is 0 Å². The summed E-state index contributed by atoms with van der Waals surface area (Å²) in [6.07, 6.45) is 0. The van der Waals surface area contributed by atoms with Crippen LogP contribution in [0.2, 0.25) is 0 Å². The second kappa shape index (κ2) is 13.2. The average Bonchev–Trinajstić information content (AvgIpc) is 3.86. The normalized spacial score (nSPS) is 11.6. The monoisotopic (exact) mass is 735 g/mol. The number of para-hydroxylation sites is 1. The second-order valence-electron chi connectivity index (χ2n) is 13.6. The number of hydrogen-bond acceptors (Lipinski definition) is 7. The lowest BCUT2D eigenvalue weighted by Crippen LogP contribution is -2.00. The van der Waals surface area contributed by atoms with Crippen molar-refractivity contribution in [2.75, 3.05) is 0 Å². The summed E-state index contributed by atoms with van der Waals surface area (Å²) < 4.78 is 8.76. The summed E-state index contributed by atoms with van der Waals surface area (Å²) in [6.45, 7) is 0. The van der Waals surface area contributed by atoms with Crippen molar-refractivity contribution in [2.24, 2.45) is 0 Å². The van der Waals surface area contributed by atoms with Crippen molar-refractivity contribution in [3.8, 4) is 67.9 Å². The largest absolute Gasteiger partial charge is 0.452 e. The molecule has 0 spiro atoms. The minimum Gasteiger partial charge on any atom is -0.452 e. The van der Waals surface area contributed by atoms with E-state index >= 15 is 0 Å². The Hall–Kier alpha value is -7.35. The molecule has 56 heavy (non-hydrogen) atoms. The van der Waals surface area contributed by atoms with Gasteiger partial charge < -0.3 is 4.42 Å². The van der Waals surface area contributed by atoms with Gasteiger partial charge in [0.1, 0.15) is 16.8 Å². The predicted molar refractivity (Wildman–Crippen MR) is 228 cm³/mol. The molecule has 0 bridgehead atoms. The van der Waals surface area contributed by atoms with Gasteiger partial charge in [-0.25, -0.2) is 24.9 Å². The summed E-state index contributed by atoms with van der Waals surface area (Å²) in [6, 6.07) is 59.9. The first-order chi connectivity index (χ1) is 27.7. The Morgan fingerprint density at radius 3 is 1.68 bits per heavy atom. The molecule has 0 amide bonds. The van der Waals surface area contributed by atoms with Crippen LogP contribution in [-0.2, 0) is 0 Å². The van der Waals surface area contributed by atoms with Gasteiger partial charge in [-0.2, -0.15) is 0 Å². The number of nitrogens with zero attached hydrogens (tertiary/aromatic N) is 5. The maximum atomic E-state index is 6.40. The van der Waals surface area contributed by atoms with Crippen molar-refractivity contribution >= 4 is 53.6 Å². The van der Waals surface area contributed by atoms with Gasteiger partial charge in [0.2, 0.25) is 0 Å². The molecule has 11 rings (SSSR count). The number of benzene rings is 7. The smallest absolute Gasteiger partial charge is 0.180 e. The van der Waals surface area contributed by atoms with Gasteiger partial charge in [-0.1, -0.05) is 152 Å². The van der Waals surface area contributed by atoms with Gasteiger partial charge in [0.15, 0.2) is 28.9 Å². The van der Waals surface area contributed by atoms with Crippen LogP contribution in [0.4, 0.5) is 0 Å². The summed E-state index contributed by atoms with van der Waals surface area (Å²) >= 11 is 1.79. The lowest BCUT2D eigenvalue weighted by Gasteiger charge is -2.10. The molecule has 0 saturated heterocycles. The highest BCUT2D eigenvalue weighted by Gasteiger charge is 2.21. The Kier molecular flexibility index (Phi) is 7.57. The van der Waals surface area contributed by atoms with E-state index in [1.165, 1.54) is 9.40 Å². The van der Waals surface area contributed by atoms with E-state index in [9.17, 15) is 0 Å². The number of rotatable bonds is 6. The molecule has 0 radical (unpaired) electrons. The van der Waals surface area contributed by atoms with Gasteiger partial charge in [0.05, 0.1) is 0 Å². The maximum Gasteiger partial charge on any atom is 0.180 e. The van der Waals surface area contributed by atoms with Crippen LogP contribution in [0.5, 0.6) is 0 Å². The zero-order valence-electron chi connectivity index (χ0n) is 29.8. The number of thiophene rings is 1. The van der Waals surface area contributed by atoms with E-state index in [1.54, 1.807) is 11.3 Å². The SMILES string of the molecule is c1ccc(-c2nc(-c3ccccc3)nc(-c3cccc(-c4cccc5c4sc4cccc(-c6nc(-c7ccccc7)c7oc8ccccc8c7n6)c45)c3)n2)cc1. The minimum absolute atomic E-state index is 0.624. The fraction of sp³-hybridized carbons (Fsp3) is 0. The quantitative estimate of drug-likeness (QED) is 0.169. The van der Waals surface area contributed by atoms with Gasteiger partial charge in [0, 0.05) is 53.4 Å². The molecule has 7 aromatic carbocycles. The summed E-state index contributed by atoms with van der Waals surface area (Å²) in [5, 5.41) is 3.26. The van der Waals surface area contributed by atoms with E-state index in [-0.39, 0.29) is 0 Å². The highest BCUT2D eigenvalue weighted by molar-refractivity contribution is 7.26. The van der Waals surface area contributed by atoms with E-state index < -0.39 is 0 Å². The van der Waals surface area contributed by atoms with Crippen LogP contribution in [0.25, 0.3) is 110 Å². The van der Waals surface area contributed by atoms with Crippen LogP contribution in [-0.4, -0.2) is 24.9 Å². The topological polar surface area (TPSA) is 77.6 Å². The summed E-state index contributed by atoms with van der Waals surface area (Å²) in [5.41, 5.74) is 10.1. The predicted octanol–water partition coefficient (Wildman–Crippen LogP) is 12.9. The molecule has 0 atom stereocenters. The molecule has 4 aromatic heterocycles. The average molecular weight is 736 g/mol. The van der Waals surface area contributed by atoms with E-state index in [0.717, 1.165) is 71.9 Å². The zero-order chi connectivity index (χ0) is 37.0. The Morgan fingerprint density at radius 1 is 0.393 bits per heavy atom. The Labute approximate surface area is 325 Å². The van der Waals surface area contributed by atoms with Crippen LogP contribution in [0, 0.1) is 0 Å². The molecular weight excluding hydrogens is 707 g/mol. The highest BCUT2D eigenvalue weighted by atomic mass is 32.1. The van der Waals surface area contributed by atoms with Gasteiger partial charge in [-0.15, -0.1) is 11.3 Å². The lowest BCUT2D eigenvalue weighted by molar-refractivity contribution is 0.667. The molecule has 262 valence electrons. The lowest BCUT2D eigenvalue weighted by atomic mass is 9.99. The summed E-state index contributed by atoms with van der Waals surface area (Å²) in [4.78, 5) is 25.4. The first-order valence-corrected chi connectivity index (χ1v) is 19.2. The highest BCUT2D eigenvalue weighted by Crippen LogP contribution is 2.45. The van der Waals surface area contributed by atoms with Crippen LogP contribution in [0.3, 0.4) is 0 Å². The van der Waals surface area contributed by atoms with Crippen molar-refractivity contribution < 1.29 is 4.42 Å². The third kappa shape index (κ3) is 5.44. The standard InChI is InChI=1S/C49H29N5OS/c1-4-15-30(16-5-1)42-44-43(36-23-10-11-27-39(36)55-44)51-49(50-42)38-26-14-28-40-41(38)37-25-13-24-35(45(37)56-40)33-21-12-22-34(29-33)48-53-46(31-17-6-2-7-18-31)52-47(54-48)32-19-8-3-9-20-32/h1-29H. The second-order valence-corrected chi connectivity index (χ2v) is 14.7. The number of hydrogen-bond donors (Lipinski definition) is 0. The number of fused-ring (bicyclic) bond motifs is 6. The van der Waals surface area contributed by atoms with Crippen molar-refractivity contribution in [3.63, 3.8) is 0 Å². The first kappa shape index (κ1) is 32.1. The molecule has 0 aliphatic heterocycles. The molecule has 7 heteroatoms. The van der Waals surface area contributed by atoms with Crippen molar-refractivity contribution in [3.05, 3.63) is 176 Å². The molecule has 0 aliphatic carbocycles. The molecule has 0 N–H and O–H groups in total. The van der Waals surface area contributed by atoms with Gasteiger partial charge in [-0.3, -0.25) is 0 Å². The summed E-state index contributed by atoms with van der Waals surface area (Å²) in [5.74, 6) is 2.56.